The number of carbonyl (C=O) groups is 1. The molecular formula is C23H24ClN2O+. The van der Waals surface area contributed by atoms with Crippen LogP contribution in [0.1, 0.15) is 35.7 Å². The van der Waals surface area contributed by atoms with E-state index in [0.717, 1.165) is 5.56 Å². The Labute approximate surface area is 165 Å². The Bertz CT molecular complexity index is 828. The molecule has 0 heterocycles. The quantitative estimate of drug-likeness (QED) is 0.643. The molecule has 1 atom stereocenters. The Kier molecular flexibility index (Phi) is 6.64. The first-order valence-corrected chi connectivity index (χ1v) is 9.49. The lowest BCUT2D eigenvalue weighted by molar-refractivity contribution is -0.676. The van der Waals surface area contributed by atoms with Gasteiger partial charge < -0.3 is 10.6 Å². The molecule has 3 aromatic carbocycles. The summed E-state index contributed by atoms with van der Waals surface area (Å²) in [5, 5.41) is 5.80. The minimum Gasteiger partial charge on any atom is -0.345 e. The van der Waals surface area contributed by atoms with Crippen LogP contribution in [0.2, 0.25) is 5.02 Å². The van der Waals surface area contributed by atoms with Gasteiger partial charge >= 0.3 is 0 Å². The summed E-state index contributed by atoms with van der Waals surface area (Å²) in [5.74, 6) is -0.000613. The molecule has 3 rings (SSSR count). The molecule has 0 saturated heterocycles. The molecule has 27 heavy (non-hydrogen) atoms. The van der Waals surface area contributed by atoms with E-state index in [9.17, 15) is 4.79 Å². The van der Waals surface area contributed by atoms with Crippen molar-refractivity contribution >= 4 is 17.5 Å². The molecule has 4 heteroatoms. The Balaban J connectivity index is 1.66. The number of halogens is 1. The summed E-state index contributed by atoms with van der Waals surface area (Å²) in [4.78, 5) is 12.5. The molecular weight excluding hydrogens is 356 g/mol. The second kappa shape index (κ2) is 9.36. The van der Waals surface area contributed by atoms with Crippen LogP contribution in [0.4, 0.5) is 0 Å². The number of carbonyl (C=O) groups excluding carboxylic acids is 1. The Morgan fingerprint density at radius 2 is 1.44 bits per heavy atom. The highest BCUT2D eigenvalue weighted by Gasteiger charge is 2.19. The normalized spacial score (nSPS) is 12.0. The van der Waals surface area contributed by atoms with Crippen LogP contribution in [0.15, 0.2) is 84.9 Å². The van der Waals surface area contributed by atoms with E-state index in [4.69, 9.17) is 11.6 Å². The van der Waals surface area contributed by atoms with Crippen molar-refractivity contribution in [2.24, 2.45) is 0 Å². The molecule has 0 aromatic heterocycles. The van der Waals surface area contributed by atoms with Crippen molar-refractivity contribution < 1.29 is 10.1 Å². The molecule has 3 nitrogen and oxygen atoms in total. The van der Waals surface area contributed by atoms with Crippen LogP contribution in [0.5, 0.6) is 0 Å². The van der Waals surface area contributed by atoms with Gasteiger partial charge in [0.25, 0.3) is 5.91 Å². The third-order valence-corrected chi connectivity index (χ3v) is 4.82. The van der Waals surface area contributed by atoms with E-state index in [1.54, 1.807) is 0 Å². The largest absolute Gasteiger partial charge is 0.345 e. The standard InChI is InChI=1S/C23H23ClN2O/c1-17(20-13-8-14-21(24)15-20)26-22(27)16-25-23(18-9-4-2-5-10-18)19-11-6-3-7-12-19/h2-15,17,23,25H,16H2,1H3,(H,26,27)/p+1/t17-/m0/s1. The Morgan fingerprint density at radius 1 is 0.889 bits per heavy atom. The fourth-order valence-electron chi connectivity index (χ4n) is 3.17. The lowest BCUT2D eigenvalue weighted by Crippen LogP contribution is -2.87. The first kappa shape index (κ1) is 19.2. The molecule has 0 aliphatic rings. The van der Waals surface area contributed by atoms with Crippen molar-refractivity contribution in [3.05, 3.63) is 107 Å². The maximum atomic E-state index is 12.5. The van der Waals surface area contributed by atoms with Crippen molar-refractivity contribution in [2.45, 2.75) is 19.0 Å². The van der Waals surface area contributed by atoms with Crippen molar-refractivity contribution in [1.82, 2.24) is 5.32 Å². The van der Waals surface area contributed by atoms with E-state index in [1.807, 2.05) is 67.6 Å². The summed E-state index contributed by atoms with van der Waals surface area (Å²) in [6.07, 6.45) is 0. The number of rotatable bonds is 7. The lowest BCUT2D eigenvalue weighted by atomic mass is 9.99. The summed E-state index contributed by atoms with van der Waals surface area (Å²) >= 11 is 6.04. The molecule has 0 radical (unpaired) electrons. The highest BCUT2D eigenvalue weighted by atomic mass is 35.5. The van der Waals surface area contributed by atoms with E-state index < -0.39 is 0 Å². The van der Waals surface area contributed by atoms with E-state index in [1.165, 1.54) is 11.1 Å². The first-order chi connectivity index (χ1) is 13.1. The van der Waals surface area contributed by atoms with Gasteiger partial charge in [0, 0.05) is 16.1 Å². The van der Waals surface area contributed by atoms with Crippen LogP contribution >= 0.6 is 11.6 Å². The first-order valence-electron chi connectivity index (χ1n) is 9.11. The molecule has 0 saturated carbocycles. The number of hydrogen-bond donors (Lipinski definition) is 2. The molecule has 0 fully saturated rings. The Hall–Kier alpha value is -2.62. The Morgan fingerprint density at radius 3 is 2.00 bits per heavy atom. The average Bonchev–Trinajstić information content (AvgIpc) is 2.70. The summed E-state index contributed by atoms with van der Waals surface area (Å²) in [7, 11) is 0. The number of benzene rings is 3. The third-order valence-electron chi connectivity index (χ3n) is 4.58. The van der Waals surface area contributed by atoms with Gasteiger partial charge in [-0.1, -0.05) is 84.4 Å². The van der Waals surface area contributed by atoms with E-state index in [2.05, 4.69) is 34.9 Å². The summed E-state index contributed by atoms with van der Waals surface area (Å²) in [6, 6.07) is 28.1. The zero-order valence-corrected chi connectivity index (χ0v) is 16.1. The summed E-state index contributed by atoms with van der Waals surface area (Å²) < 4.78 is 0. The van der Waals surface area contributed by atoms with Crippen LogP contribution < -0.4 is 10.6 Å². The number of nitrogens with one attached hydrogen (secondary N) is 1. The van der Waals surface area contributed by atoms with Gasteiger partial charge in [-0.25, -0.2) is 0 Å². The summed E-state index contributed by atoms with van der Waals surface area (Å²) in [6.45, 7) is 2.31. The second-order valence-corrected chi connectivity index (χ2v) is 7.02. The molecule has 138 valence electrons. The SMILES string of the molecule is C[C@H](NC(=O)C[NH2+]C(c1ccccc1)c1ccccc1)c1cccc(Cl)c1. The van der Waals surface area contributed by atoms with Crippen molar-refractivity contribution in [2.75, 3.05) is 6.54 Å². The predicted octanol–water partition coefficient (Wildman–Crippen LogP) is 3.87. The van der Waals surface area contributed by atoms with Crippen molar-refractivity contribution in [3.63, 3.8) is 0 Å². The molecule has 3 N–H and O–H groups in total. The summed E-state index contributed by atoms with van der Waals surface area (Å²) in [5.41, 5.74) is 3.36. The van der Waals surface area contributed by atoms with E-state index >= 15 is 0 Å². The third kappa shape index (κ3) is 5.43. The maximum absolute atomic E-state index is 12.5. The predicted molar refractivity (Wildman–Crippen MR) is 110 cm³/mol. The molecule has 0 bridgehead atoms. The number of quaternary nitrogens is 1. The second-order valence-electron chi connectivity index (χ2n) is 6.58. The molecule has 0 aliphatic heterocycles. The van der Waals surface area contributed by atoms with Gasteiger partial charge in [0.1, 0.15) is 6.04 Å². The minimum absolute atomic E-state index is 0.000613. The zero-order chi connectivity index (χ0) is 19.1. The number of amides is 1. The fraction of sp³-hybridized carbons (Fsp3) is 0.174. The fourth-order valence-corrected chi connectivity index (χ4v) is 3.37. The van der Waals surface area contributed by atoms with Crippen LogP contribution in [0.25, 0.3) is 0 Å². The smallest absolute Gasteiger partial charge is 0.275 e. The number of hydrogen-bond acceptors (Lipinski definition) is 1. The van der Waals surface area contributed by atoms with Gasteiger partial charge in [-0.05, 0) is 24.6 Å². The van der Waals surface area contributed by atoms with Gasteiger partial charge in [-0.2, -0.15) is 0 Å². The van der Waals surface area contributed by atoms with Crippen LogP contribution in [-0.4, -0.2) is 12.5 Å². The maximum Gasteiger partial charge on any atom is 0.275 e. The molecule has 1 amide bonds. The molecule has 0 aliphatic carbocycles. The molecule has 3 aromatic rings. The highest BCUT2D eigenvalue weighted by Crippen LogP contribution is 2.18. The monoisotopic (exact) mass is 379 g/mol. The van der Waals surface area contributed by atoms with E-state index in [0.29, 0.717) is 11.6 Å². The van der Waals surface area contributed by atoms with Crippen LogP contribution in [0.3, 0.4) is 0 Å². The van der Waals surface area contributed by atoms with Crippen molar-refractivity contribution in [1.29, 1.82) is 0 Å². The lowest BCUT2D eigenvalue weighted by Gasteiger charge is -2.18. The average molecular weight is 380 g/mol. The molecule has 0 spiro atoms. The van der Waals surface area contributed by atoms with Gasteiger partial charge in [0.05, 0.1) is 6.04 Å². The molecule has 0 unspecified atom stereocenters. The highest BCUT2D eigenvalue weighted by molar-refractivity contribution is 6.30. The van der Waals surface area contributed by atoms with Crippen LogP contribution in [-0.2, 0) is 4.79 Å². The van der Waals surface area contributed by atoms with Gasteiger partial charge in [0.2, 0.25) is 0 Å². The van der Waals surface area contributed by atoms with Gasteiger partial charge in [-0.15, -0.1) is 0 Å². The van der Waals surface area contributed by atoms with Gasteiger partial charge in [0.15, 0.2) is 6.54 Å². The van der Waals surface area contributed by atoms with Gasteiger partial charge in [-0.3, -0.25) is 4.79 Å². The topological polar surface area (TPSA) is 45.7 Å². The van der Waals surface area contributed by atoms with Crippen LogP contribution in [0, 0.1) is 0 Å². The number of nitrogens with two attached hydrogens (primary N) is 1. The zero-order valence-electron chi connectivity index (χ0n) is 15.3. The van der Waals surface area contributed by atoms with Crippen molar-refractivity contribution in [3.8, 4) is 0 Å². The minimum atomic E-state index is -0.0866. The van der Waals surface area contributed by atoms with E-state index in [-0.39, 0.29) is 18.0 Å².